The van der Waals surface area contributed by atoms with Crippen LogP contribution < -0.4 is 25.3 Å². The molecule has 14 heteroatoms. The number of piperidine rings is 1. The van der Waals surface area contributed by atoms with E-state index >= 15 is 0 Å². The van der Waals surface area contributed by atoms with E-state index in [9.17, 15) is 13.6 Å². The van der Waals surface area contributed by atoms with Crippen LogP contribution in [-0.2, 0) is 9.63 Å². The summed E-state index contributed by atoms with van der Waals surface area (Å²) >= 11 is 5.86. The zero-order chi connectivity index (χ0) is 33.1. The summed E-state index contributed by atoms with van der Waals surface area (Å²) in [6.07, 6.45) is 5.09. The topological polar surface area (TPSA) is 98.3 Å². The van der Waals surface area contributed by atoms with E-state index in [4.69, 9.17) is 21.2 Å². The van der Waals surface area contributed by atoms with Crippen molar-refractivity contribution in [2.75, 3.05) is 80.6 Å². The summed E-state index contributed by atoms with van der Waals surface area (Å²) < 4.78 is 34.6. The lowest BCUT2D eigenvalue weighted by Gasteiger charge is -2.43. The molecule has 47 heavy (non-hydrogen) atoms. The van der Waals surface area contributed by atoms with Crippen LogP contribution in [0.4, 0.5) is 37.5 Å². The number of aromatic nitrogens is 2. The van der Waals surface area contributed by atoms with Crippen LogP contribution in [-0.4, -0.2) is 91.7 Å². The second-order valence-corrected chi connectivity index (χ2v) is 12.3. The van der Waals surface area contributed by atoms with E-state index in [1.54, 1.807) is 13.2 Å². The summed E-state index contributed by atoms with van der Waals surface area (Å²) in [4.78, 5) is 34.3. The number of rotatable bonds is 9. The van der Waals surface area contributed by atoms with Gasteiger partial charge in [-0.15, -0.1) is 0 Å². The summed E-state index contributed by atoms with van der Waals surface area (Å²) in [5.41, 5.74) is 2.23. The predicted molar refractivity (Wildman–Crippen MR) is 179 cm³/mol. The Balaban J connectivity index is 1.23. The minimum atomic E-state index is -0.831. The van der Waals surface area contributed by atoms with E-state index in [0.29, 0.717) is 47.8 Å². The van der Waals surface area contributed by atoms with Gasteiger partial charge in [0.05, 0.1) is 36.8 Å². The van der Waals surface area contributed by atoms with Crippen LogP contribution in [0.2, 0.25) is 5.02 Å². The smallest absolute Gasteiger partial charge is 0.247 e. The number of nitrogens with zero attached hydrogens (tertiary/aromatic N) is 6. The summed E-state index contributed by atoms with van der Waals surface area (Å²) in [5, 5.41) is 7.15. The molecule has 1 amide bonds. The van der Waals surface area contributed by atoms with Crippen molar-refractivity contribution >= 4 is 46.2 Å². The number of hydroxylamine groups is 1. The van der Waals surface area contributed by atoms with Crippen LogP contribution in [0.25, 0.3) is 0 Å². The lowest BCUT2D eigenvalue weighted by Crippen LogP contribution is -2.52. The van der Waals surface area contributed by atoms with Gasteiger partial charge in [-0.25, -0.2) is 23.8 Å². The van der Waals surface area contributed by atoms with E-state index in [0.717, 1.165) is 63.9 Å². The number of ether oxygens (including phenoxy) is 1. The first-order chi connectivity index (χ1) is 22.7. The molecule has 1 aromatic heterocycles. The highest BCUT2D eigenvalue weighted by atomic mass is 35.5. The molecule has 11 nitrogen and oxygen atoms in total. The van der Waals surface area contributed by atoms with Gasteiger partial charge in [-0.2, -0.15) is 0 Å². The zero-order valence-electron chi connectivity index (χ0n) is 26.5. The number of benzene rings is 2. The normalized spacial score (nSPS) is 19.6. The van der Waals surface area contributed by atoms with Gasteiger partial charge >= 0.3 is 0 Å². The maximum atomic E-state index is 14.9. The van der Waals surface area contributed by atoms with Crippen LogP contribution in [0.5, 0.6) is 5.75 Å². The van der Waals surface area contributed by atoms with Crippen molar-refractivity contribution in [3.05, 3.63) is 71.5 Å². The van der Waals surface area contributed by atoms with Gasteiger partial charge in [0.25, 0.3) is 0 Å². The molecule has 0 bridgehead atoms. The van der Waals surface area contributed by atoms with E-state index in [-0.39, 0.29) is 11.5 Å². The Hall–Kier alpha value is -4.04. The zero-order valence-corrected chi connectivity index (χ0v) is 27.3. The maximum absolute atomic E-state index is 14.9. The Morgan fingerprint density at radius 3 is 2.55 bits per heavy atom. The fourth-order valence-electron chi connectivity index (χ4n) is 6.49. The van der Waals surface area contributed by atoms with Crippen LogP contribution in [0.15, 0.2) is 49.3 Å². The molecule has 2 aromatic carbocycles. The lowest BCUT2D eigenvalue weighted by molar-refractivity contribution is -0.111. The van der Waals surface area contributed by atoms with Crippen LogP contribution in [0.1, 0.15) is 30.9 Å². The number of anilines is 5. The fourth-order valence-corrected chi connectivity index (χ4v) is 6.66. The Kier molecular flexibility index (Phi) is 10.1. The monoisotopic (exact) mass is 668 g/mol. The van der Waals surface area contributed by atoms with Gasteiger partial charge in [0.2, 0.25) is 5.91 Å². The van der Waals surface area contributed by atoms with Gasteiger partial charge in [-0.05, 0) is 38.1 Å². The number of halogens is 3. The van der Waals surface area contributed by atoms with Crippen molar-refractivity contribution in [1.82, 2.24) is 19.8 Å². The third kappa shape index (κ3) is 7.13. The molecule has 0 saturated carbocycles. The standard InChI is InChI=1S/C33H39ClF2N8O3/c1-4-31(45)40-24-17-25(28(46-3)18-27(24)43-10-7-21(8-11-43)42-14-12-41(2)13-15-42)39-29-19-30(38-20-37-29)44-26(9-16-47-44)22-5-6-23(35)32(34)33(22)36/h4-6,17-21,26H,1,7-16H2,2-3H3,(H,40,45)(H,37,38,39). The summed E-state index contributed by atoms with van der Waals surface area (Å²) in [5.74, 6) is -0.668. The molecule has 3 aromatic rings. The van der Waals surface area contributed by atoms with Crippen molar-refractivity contribution < 1.29 is 23.1 Å². The average molecular weight is 669 g/mol. The Bertz CT molecular complexity index is 1610. The number of methoxy groups -OCH3 is 1. The van der Waals surface area contributed by atoms with Crippen LogP contribution >= 0.6 is 11.6 Å². The second kappa shape index (κ2) is 14.4. The highest BCUT2D eigenvalue weighted by Gasteiger charge is 2.33. The van der Waals surface area contributed by atoms with Gasteiger partial charge in [0.1, 0.15) is 34.6 Å². The third-order valence-electron chi connectivity index (χ3n) is 9.09. The molecule has 4 heterocycles. The molecular weight excluding hydrogens is 630 g/mol. The predicted octanol–water partition coefficient (Wildman–Crippen LogP) is 5.38. The molecule has 0 spiro atoms. The van der Waals surface area contributed by atoms with Gasteiger partial charge in [0, 0.05) is 69.4 Å². The largest absolute Gasteiger partial charge is 0.494 e. The van der Waals surface area contributed by atoms with Crippen molar-refractivity contribution in [3.63, 3.8) is 0 Å². The first-order valence-corrected chi connectivity index (χ1v) is 16.1. The molecule has 1 unspecified atom stereocenters. The van der Waals surface area contributed by atoms with Gasteiger partial charge in [0.15, 0.2) is 5.82 Å². The fraction of sp³-hybridized carbons (Fsp3) is 0.424. The Morgan fingerprint density at radius 1 is 1.06 bits per heavy atom. The maximum Gasteiger partial charge on any atom is 0.247 e. The molecule has 250 valence electrons. The minimum Gasteiger partial charge on any atom is -0.494 e. The molecule has 1 atom stereocenters. The number of likely N-dealkylation sites (N-methyl/N-ethyl adjacent to an activating group) is 1. The molecule has 3 saturated heterocycles. The quantitative estimate of drug-likeness (QED) is 0.228. The van der Waals surface area contributed by atoms with Crippen molar-refractivity contribution in [2.24, 2.45) is 0 Å². The molecule has 3 aliphatic heterocycles. The molecule has 0 aliphatic carbocycles. The molecule has 3 aliphatic rings. The number of carbonyl (C=O) groups excluding carboxylic acids is 1. The van der Waals surface area contributed by atoms with E-state index < -0.39 is 22.7 Å². The summed E-state index contributed by atoms with van der Waals surface area (Å²) in [6.45, 7) is 9.96. The summed E-state index contributed by atoms with van der Waals surface area (Å²) in [6, 6.07) is 7.85. The van der Waals surface area contributed by atoms with Crippen molar-refractivity contribution in [3.8, 4) is 5.75 Å². The molecular formula is C33H39ClF2N8O3. The third-order valence-corrected chi connectivity index (χ3v) is 9.44. The van der Waals surface area contributed by atoms with E-state index in [1.165, 1.54) is 23.5 Å². The number of nitrogens with one attached hydrogen (secondary N) is 2. The van der Waals surface area contributed by atoms with E-state index in [2.05, 4.69) is 48.9 Å². The lowest BCUT2D eigenvalue weighted by atomic mass is 10.0. The Labute approximate surface area is 278 Å². The van der Waals surface area contributed by atoms with Crippen LogP contribution in [0, 0.1) is 11.6 Å². The molecule has 0 radical (unpaired) electrons. The SMILES string of the molecule is C=CC(=O)Nc1cc(Nc2cc(N3OCCC3c3ccc(F)c(Cl)c3F)ncn2)c(OC)cc1N1CCC(N2CCN(C)CC2)CC1. The Morgan fingerprint density at radius 2 is 1.83 bits per heavy atom. The summed E-state index contributed by atoms with van der Waals surface area (Å²) in [7, 11) is 3.75. The first kappa shape index (κ1) is 32.9. The average Bonchev–Trinajstić information content (AvgIpc) is 3.58. The van der Waals surface area contributed by atoms with Gasteiger partial charge in [-0.1, -0.05) is 24.2 Å². The number of hydrogen-bond acceptors (Lipinski definition) is 10. The minimum absolute atomic E-state index is 0.203. The van der Waals surface area contributed by atoms with Crippen molar-refractivity contribution in [1.29, 1.82) is 0 Å². The molecule has 2 N–H and O–H groups in total. The second-order valence-electron chi connectivity index (χ2n) is 11.9. The van der Waals surface area contributed by atoms with Gasteiger partial charge < -0.3 is 25.2 Å². The van der Waals surface area contributed by atoms with Crippen LogP contribution in [0.3, 0.4) is 0 Å². The highest BCUT2D eigenvalue weighted by Crippen LogP contribution is 2.41. The molecule has 6 rings (SSSR count). The molecule has 3 fully saturated rings. The highest BCUT2D eigenvalue weighted by molar-refractivity contribution is 6.31. The van der Waals surface area contributed by atoms with Crippen molar-refractivity contribution in [2.45, 2.75) is 31.3 Å². The van der Waals surface area contributed by atoms with Gasteiger partial charge in [-0.3, -0.25) is 14.5 Å². The number of piperazine rings is 1. The van der Waals surface area contributed by atoms with E-state index in [1.807, 2.05) is 12.1 Å². The number of carbonyl (C=O) groups is 1. The number of amides is 1. The first-order valence-electron chi connectivity index (χ1n) is 15.7. The number of hydrogen-bond donors (Lipinski definition) is 2.